The van der Waals surface area contributed by atoms with Crippen molar-refractivity contribution >= 4 is 0 Å². The summed E-state index contributed by atoms with van der Waals surface area (Å²) in [6, 6.07) is 6.53. The molecule has 0 aliphatic carbocycles. The Morgan fingerprint density at radius 3 is 2.71 bits per heavy atom. The fraction of sp³-hybridized carbons (Fsp3) is 0.647. The first-order valence-corrected chi connectivity index (χ1v) is 7.85. The molecule has 2 rings (SSSR count). The Bertz CT molecular complexity index is 450. The molecule has 0 saturated carbocycles. The third-order valence-electron chi connectivity index (χ3n) is 4.38. The average Bonchev–Trinajstić information content (AvgIpc) is 2.93. The van der Waals surface area contributed by atoms with Crippen LogP contribution >= 0.6 is 0 Å². The lowest BCUT2D eigenvalue weighted by atomic mass is 9.98. The Hall–Kier alpha value is -1.26. The molecular formula is C17H28N2O2. The molecule has 0 amide bonds. The maximum atomic E-state index is 6.07. The molecule has 1 aliphatic rings. The Balaban J connectivity index is 1.91. The van der Waals surface area contributed by atoms with Crippen molar-refractivity contribution in [2.45, 2.75) is 38.8 Å². The summed E-state index contributed by atoms with van der Waals surface area (Å²) in [7, 11) is 3.35. The van der Waals surface area contributed by atoms with Gasteiger partial charge >= 0.3 is 0 Å². The number of ether oxygens (including phenoxy) is 2. The van der Waals surface area contributed by atoms with Gasteiger partial charge < -0.3 is 15.2 Å². The van der Waals surface area contributed by atoms with Gasteiger partial charge in [0.2, 0.25) is 0 Å². The first kappa shape index (κ1) is 16.1. The van der Waals surface area contributed by atoms with Gasteiger partial charge in [0, 0.05) is 19.1 Å². The summed E-state index contributed by atoms with van der Waals surface area (Å²) in [6.45, 7) is 5.46. The number of rotatable bonds is 7. The summed E-state index contributed by atoms with van der Waals surface area (Å²) in [4.78, 5) is 2.51. The third-order valence-corrected chi connectivity index (χ3v) is 4.38. The zero-order chi connectivity index (χ0) is 15.2. The highest BCUT2D eigenvalue weighted by molar-refractivity contribution is 5.42. The van der Waals surface area contributed by atoms with Crippen molar-refractivity contribution in [3.8, 4) is 11.5 Å². The van der Waals surface area contributed by atoms with Crippen LogP contribution in [0.3, 0.4) is 0 Å². The predicted molar refractivity (Wildman–Crippen MR) is 85.8 cm³/mol. The molecule has 4 nitrogen and oxygen atoms in total. The topological polar surface area (TPSA) is 47.7 Å². The Kier molecular flexibility index (Phi) is 5.88. The van der Waals surface area contributed by atoms with E-state index in [4.69, 9.17) is 15.2 Å². The van der Waals surface area contributed by atoms with E-state index in [1.54, 1.807) is 14.2 Å². The van der Waals surface area contributed by atoms with E-state index in [2.05, 4.69) is 24.0 Å². The van der Waals surface area contributed by atoms with Gasteiger partial charge in [-0.3, -0.25) is 4.90 Å². The number of hydrogen-bond donors (Lipinski definition) is 1. The summed E-state index contributed by atoms with van der Waals surface area (Å²) < 4.78 is 10.7. The van der Waals surface area contributed by atoms with Crippen molar-refractivity contribution in [1.29, 1.82) is 0 Å². The van der Waals surface area contributed by atoms with Crippen molar-refractivity contribution < 1.29 is 9.47 Å². The van der Waals surface area contributed by atoms with Crippen LogP contribution in [-0.2, 0) is 6.54 Å². The van der Waals surface area contributed by atoms with Crippen LogP contribution in [0.5, 0.6) is 11.5 Å². The van der Waals surface area contributed by atoms with Gasteiger partial charge in [-0.15, -0.1) is 0 Å². The zero-order valence-electron chi connectivity index (χ0n) is 13.5. The van der Waals surface area contributed by atoms with E-state index in [1.807, 2.05) is 6.07 Å². The quantitative estimate of drug-likeness (QED) is 0.839. The third kappa shape index (κ3) is 4.35. The van der Waals surface area contributed by atoms with Crippen LogP contribution in [0.15, 0.2) is 18.2 Å². The van der Waals surface area contributed by atoms with E-state index < -0.39 is 0 Å². The van der Waals surface area contributed by atoms with Crippen molar-refractivity contribution in [2.24, 2.45) is 11.7 Å². The first-order valence-electron chi connectivity index (χ1n) is 7.85. The van der Waals surface area contributed by atoms with Crippen LogP contribution in [0, 0.1) is 5.92 Å². The molecule has 1 saturated heterocycles. The van der Waals surface area contributed by atoms with Gasteiger partial charge in [0.05, 0.1) is 14.2 Å². The Labute approximate surface area is 128 Å². The number of likely N-dealkylation sites (tertiary alicyclic amines) is 1. The minimum atomic E-state index is 0.357. The van der Waals surface area contributed by atoms with Crippen LogP contribution in [0.1, 0.15) is 31.7 Å². The summed E-state index contributed by atoms with van der Waals surface area (Å²) in [6.07, 6.45) is 3.49. The normalized spacial score (nSPS) is 20.5. The van der Waals surface area contributed by atoms with E-state index >= 15 is 0 Å². The van der Waals surface area contributed by atoms with Crippen LogP contribution in [0.2, 0.25) is 0 Å². The predicted octanol–water partition coefficient (Wildman–Crippen LogP) is 2.65. The van der Waals surface area contributed by atoms with Gasteiger partial charge in [0.25, 0.3) is 0 Å². The molecule has 4 heteroatoms. The van der Waals surface area contributed by atoms with Crippen LogP contribution < -0.4 is 15.2 Å². The molecule has 0 radical (unpaired) electrons. The largest absolute Gasteiger partial charge is 0.493 e. The van der Waals surface area contributed by atoms with E-state index in [9.17, 15) is 0 Å². The minimum Gasteiger partial charge on any atom is -0.493 e. The van der Waals surface area contributed by atoms with Gasteiger partial charge in [-0.25, -0.2) is 0 Å². The van der Waals surface area contributed by atoms with Gasteiger partial charge in [-0.05, 0) is 49.4 Å². The number of nitrogens with two attached hydrogens (primary N) is 1. The fourth-order valence-electron chi connectivity index (χ4n) is 3.08. The van der Waals surface area contributed by atoms with Gasteiger partial charge in [0.1, 0.15) is 0 Å². The summed E-state index contributed by atoms with van der Waals surface area (Å²) in [5, 5.41) is 0. The number of methoxy groups -OCH3 is 2. The van der Waals surface area contributed by atoms with Crippen LogP contribution in [-0.4, -0.2) is 38.3 Å². The van der Waals surface area contributed by atoms with Crippen molar-refractivity contribution in [3.05, 3.63) is 23.8 Å². The molecule has 0 spiro atoms. The second-order valence-electron chi connectivity index (χ2n) is 5.98. The molecule has 1 heterocycles. The highest BCUT2D eigenvalue weighted by Gasteiger charge is 2.23. The molecular weight excluding hydrogens is 264 g/mol. The molecule has 1 aromatic rings. The van der Waals surface area contributed by atoms with Crippen molar-refractivity contribution in [3.63, 3.8) is 0 Å². The summed E-state index contributed by atoms with van der Waals surface area (Å²) >= 11 is 0. The molecule has 2 atom stereocenters. The Morgan fingerprint density at radius 1 is 1.29 bits per heavy atom. The molecule has 2 unspecified atom stereocenters. The highest BCUT2D eigenvalue weighted by Crippen LogP contribution is 2.29. The molecule has 1 aromatic carbocycles. The van der Waals surface area contributed by atoms with E-state index in [0.29, 0.717) is 6.04 Å². The number of nitrogens with zero attached hydrogens (tertiary/aromatic N) is 1. The fourth-order valence-corrected chi connectivity index (χ4v) is 3.08. The van der Waals surface area contributed by atoms with E-state index in [1.165, 1.54) is 12.0 Å². The molecule has 1 aliphatic heterocycles. The monoisotopic (exact) mass is 292 g/mol. The zero-order valence-corrected chi connectivity index (χ0v) is 13.5. The SMILES string of the molecule is CCC(N)CC1CCN(Cc2ccc(OC)c(OC)c2)C1. The first-order chi connectivity index (χ1) is 10.2. The summed E-state index contributed by atoms with van der Waals surface area (Å²) in [5.74, 6) is 2.34. The lowest BCUT2D eigenvalue weighted by Gasteiger charge is -2.18. The van der Waals surface area contributed by atoms with Crippen LogP contribution in [0.25, 0.3) is 0 Å². The van der Waals surface area contributed by atoms with Gasteiger partial charge in [-0.2, -0.15) is 0 Å². The minimum absolute atomic E-state index is 0.357. The van der Waals surface area contributed by atoms with Crippen molar-refractivity contribution in [1.82, 2.24) is 4.90 Å². The maximum Gasteiger partial charge on any atom is 0.161 e. The molecule has 21 heavy (non-hydrogen) atoms. The Morgan fingerprint density at radius 2 is 2.05 bits per heavy atom. The van der Waals surface area contributed by atoms with Crippen LogP contribution in [0.4, 0.5) is 0 Å². The molecule has 2 N–H and O–H groups in total. The lowest BCUT2D eigenvalue weighted by Crippen LogP contribution is -2.25. The maximum absolute atomic E-state index is 6.07. The molecule has 0 aromatic heterocycles. The molecule has 1 fully saturated rings. The summed E-state index contributed by atoms with van der Waals surface area (Å²) in [5.41, 5.74) is 7.34. The lowest BCUT2D eigenvalue weighted by molar-refractivity contribution is 0.306. The average molecular weight is 292 g/mol. The van der Waals surface area contributed by atoms with Gasteiger partial charge in [0.15, 0.2) is 11.5 Å². The van der Waals surface area contributed by atoms with Crippen molar-refractivity contribution in [2.75, 3.05) is 27.3 Å². The standard InChI is InChI=1S/C17H28N2O2/c1-4-15(18)9-14-7-8-19(12-14)11-13-5-6-16(20-2)17(10-13)21-3/h5-6,10,14-15H,4,7-9,11-12,18H2,1-3H3. The second kappa shape index (κ2) is 7.66. The number of benzene rings is 1. The second-order valence-corrected chi connectivity index (χ2v) is 5.98. The smallest absolute Gasteiger partial charge is 0.161 e. The van der Waals surface area contributed by atoms with E-state index in [0.717, 1.165) is 49.9 Å². The number of hydrogen-bond acceptors (Lipinski definition) is 4. The van der Waals surface area contributed by atoms with Gasteiger partial charge in [-0.1, -0.05) is 13.0 Å². The molecule has 0 bridgehead atoms. The molecule has 118 valence electrons. The van der Waals surface area contributed by atoms with E-state index in [-0.39, 0.29) is 0 Å². The highest BCUT2D eigenvalue weighted by atomic mass is 16.5.